The number of carbonyl (C=O) groups is 3. The van der Waals surface area contributed by atoms with Crippen molar-refractivity contribution < 1.29 is 23.9 Å². The summed E-state index contributed by atoms with van der Waals surface area (Å²) in [5.74, 6) is -1.14. The number of anilines is 1. The van der Waals surface area contributed by atoms with Crippen molar-refractivity contribution in [2.45, 2.75) is 26.3 Å². The largest absolute Gasteiger partial charge is 0.483 e. The molecule has 0 aliphatic rings. The van der Waals surface area contributed by atoms with Gasteiger partial charge >= 0.3 is 5.97 Å². The zero-order valence-corrected chi connectivity index (χ0v) is 16.8. The molecule has 0 bridgehead atoms. The molecular weight excluding hydrogens is 372 g/mol. The van der Waals surface area contributed by atoms with Crippen LogP contribution in [0.15, 0.2) is 54.6 Å². The topological polar surface area (TPSA) is 93.7 Å². The van der Waals surface area contributed by atoms with Crippen LogP contribution in [0.3, 0.4) is 0 Å². The van der Waals surface area contributed by atoms with E-state index in [9.17, 15) is 14.4 Å². The van der Waals surface area contributed by atoms with Gasteiger partial charge in [-0.3, -0.25) is 9.59 Å². The van der Waals surface area contributed by atoms with E-state index in [0.29, 0.717) is 17.7 Å². The zero-order valence-electron chi connectivity index (χ0n) is 16.8. The molecule has 0 spiro atoms. The number of para-hydroxylation sites is 2. The molecule has 2 N–H and O–H groups in total. The molecule has 2 amide bonds. The third kappa shape index (κ3) is 6.34. The predicted octanol–water partition coefficient (Wildman–Crippen LogP) is 3.02. The Kier molecular flexibility index (Phi) is 8.21. The molecule has 29 heavy (non-hydrogen) atoms. The van der Waals surface area contributed by atoms with Crippen molar-refractivity contribution in [1.82, 2.24) is 5.32 Å². The van der Waals surface area contributed by atoms with Crippen LogP contribution in [0, 0.1) is 5.92 Å². The Bertz CT molecular complexity index is 838. The van der Waals surface area contributed by atoms with Gasteiger partial charge in [0.2, 0.25) is 0 Å². The van der Waals surface area contributed by atoms with E-state index in [1.165, 1.54) is 7.11 Å². The van der Waals surface area contributed by atoms with Crippen molar-refractivity contribution in [3.05, 3.63) is 60.2 Å². The first-order chi connectivity index (χ1) is 14.0. The minimum atomic E-state index is -0.752. The lowest BCUT2D eigenvalue weighted by molar-refractivity contribution is -0.146. The van der Waals surface area contributed by atoms with E-state index >= 15 is 0 Å². The Morgan fingerprint density at radius 1 is 1.00 bits per heavy atom. The van der Waals surface area contributed by atoms with Crippen molar-refractivity contribution in [2.24, 2.45) is 5.92 Å². The lowest BCUT2D eigenvalue weighted by Gasteiger charge is -2.22. The Balaban J connectivity index is 2.02. The van der Waals surface area contributed by atoms with E-state index in [1.54, 1.807) is 36.4 Å². The first kappa shape index (κ1) is 21.9. The lowest BCUT2D eigenvalue weighted by atomic mass is 9.99. The smallest absolute Gasteiger partial charge is 0.328 e. The Morgan fingerprint density at radius 2 is 1.66 bits per heavy atom. The van der Waals surface area contributed by atoms with Crippen LogP contribution in [-0.4, -0.2) is 37.5 Å². The van der Waals surface area contributed by atoms with Crippen LogP contribution in [0.4, 0.5) is 5.69 Å². The Morgan fingerprint density at radius 3 is 2.31 bits per heavy atom. The molecule has 2 rings (SSSR count). The fraction of sp³-hybridized carbons (Fsp3) is 0.318. The summed E-state index contributed by atoms with van der Waals surface area (Å²) in [5, 5.41) is 5.42. The van der Waals surface area contributed by atoms with Gasteiger partial charge in [0.05, 0.1) is 12.7 Å². The Hall–Kier alpha value is -3.35. The molecule has 0 saturated carbocycles. The molecule has 154 valence electrons. The number of ether oxygens (including phenoxy) is 2. The molecule has 0 aliphatic heterocycles. The normalized spacial score (nSPS) is 12.4. The number of benzene rings is 2. The second kappa shape index (κ2) is 10.8. The summed E-state index contributed by atoms with van der Waals surface area (Å²) in [7, 11) is 1.28. The number of methoxy groups -OCH3 is 1. The molecule has 2 aromatic rings. The first-order valence-electron chi connectivity index (χ1n) is 9.41. The fourth-order valence-electron chi connectivity index (χ4n) is 2.65. The molecule has 0 saturated heterocycles. The summed E-state index contributed by atoms with van der Waals surface area (Å²) in [5.41, 5.74) is 0.954. The maximum atomic E-state index is 12.6. The molecule has 7 heteroatoms. The van der Waals surface area contributed by atoms with E-state index in [2.05, 4.69) is 10.6 Å². The SMILES string of the molecule is CC[C@@H](C)[C@H](NC(=O)COc1ccccc1C(=O)Nc1ccccc1)C(=O)OC. The van der Waals surface area contributed by atoms with E-state index in [0.717, 1.165) is 0 Å². The van der Waals surface area contributed by atoms with Crippen LogP contribution in [0.2, 0.25) is 0 Å². The summed E-state index contributed by atoms with van der Waals surface area (Å²) in [4.78, 5) is 36.8. The van der Waals surface area contributed by atoms with Gasteiger partial charge < -0.3 is 20.1 Å². The van der Waals surface area contributed by atoms with Crippen molar-refractivity contribution in [2.75, 3.05) is 19.0 Å². The van der Waals surface area contributed by atoms with Crippen LogP contribution in [0.5, 0.6) is 5.75 Å². The van der Waals surface area contributed by atoms with Crippen LogP contribution in [0.25, 0.3) is 0 Å². The zero-order chi connectivity index (χ0) is 21.2. The fourth-order valence-corrected chi connectivity index (χ4v) is 2.65. The number of amides is 2. The van der Waals surface area contributed by atoms with Gasteiger partial charge in [-0.2, -0.15) is 0 Å². The van der Waals surface area contributed by atoms with Gasteiger partial charge in [-0.1, -0.05) is 50.6 Å². The molecular formula is C22H26N2O5. The average Bonchev–Trinajstić information content (AvgIpc) is 2.75. The Labute approximate surface area is 170 Å². The molecule has 0 radical (unpaired) electrons. The second-order valence-electron chi connectivity index (χ2n) is 6.56. The van der Waals surface area contributed by atoms with E-state index in [-0.39, 0.29) is 24.2 Å². The lowest BCUT2D eigenvalue weighted by Crippen LogP contribution is -2.47. The molecule has 0 aliphatic carbocycles. The highest BCUT2D eigenvalue weighted by atomic mass is 16.5. The van der Waals surface area contributed by atoms with Crippen LogP contribution in [-0.2, 0) is 14.3 Å². The minimum absolute atomic E-state index is 0.0877. The van der Waals surface area contributed by atoms with Crippen LogP contribution in [0.1, 0.15) is 30.6 Å². The van der Waals surface area contributed by atoms with Crippen molar-refractivity contribution in [3.63, 3.8) is 0 Å². The number of esters is 1. The molecule has 0 heterocycles. The molecule has 2 aromatic carbocycles. The number of hydrogen-bond donors (Lipinski definition) is 2. The van der Waals surface area contributed by atoms with Gasteiger partial charge in [-0.05, 0) is 30.2 Å². The molecule has 2 atom stereocenters. The minimum Gasteiger partial charge on any atom is -0.483 e. The second-order valence-corrected chi connectivity index (χ2v) is 6.56. The molecule has 0 fully saturated rings. The third-order valence-electron chi connectivity index (χ3n) is 4.51. The van der Waals surface area contributed by atoms with E-state index < -0.39 is 17.9 Å². The highest BCUT2D eigenvalue weighted by molar-refractivity contribution is 6.06. The summed E-state index contributed by atoms with van der Waals surface area (Å²) < 4.78 is 10.3. The van der Waals surface area contributed by atoms with Gasteiger partial charge in [-0.15, -0.1) is 0 Å². The molecule has 0 unspecified atom stereocenters. The van der Waals surface area contributed by atoms with Gasteiger partial charge in [0.25, 0.3) is 11.8 Å². The number of rotatable bonds is 9. The maximum Gasteiger partial charge on any atom is 0.328 e. The van der Waals surface area contributed by atoms with Crippen molar-refractivity contribution in [1.29, 1.82) is 0 Å². The quantitative estimate of drug-likeness (QED) is 0.634. The average molecular weight is 398 g/mol. The summed E-state index contributed by atoms with van der Waals surface area (Å²) in [6.07, 6.45) is 0.698. The number of carbonyl (C=O) groups excluding carboxylic acids is 3. The van der Waals surface area contributed by atoms with Crippen LogP contribution < -0.4 is 15.4 Å². The monoisotopic (exact) mass is 398 g/mol. The third-order valence-corrected chi connectivity index (χ3v) is 4.51. The number of hydrogen-bond acceptors (Lipinski definition) is 5. The van der Waals surface area contributed by atoms with Gasteiger partial charge in [0, 0.05) is 5.69 Å². The first-order valence-corrected chi connectivity index (χ1v) is 9.41. The molecule has 0 aromatic heterocycles. The van der Waals surface area contributed by atoms with Gasteiger partial charge in [0.1, 0.15) is 11.8 Å². The maximum absolute atomic E-state index is 12.6. The van der Waals surface area contributed by atoms with Gasteiger partial charge in [-0.25, -0.2) is 4.79 Å². The predicted molar refractivity (Wildman–Crippen MR) is 110 cm³/mol. The number of nitrogens with one attached hydrogen (secondary N) is 2. The highest BCUT2D eigenvalue weighted by Gasteiger charge is 2.26. The standard InChI is InChI=1S/C22H26N2O5/c1-4-15(2)20(22(27)28-3)24-19(25)14-29-18-13-9-8-12-17(18)21(26)23-16-10-6-5-7-11-16/h5-13,15,20H,4,14H2,1-3H3,(H,23,26)(H,24,25)/t15-,20+/m1/s1. The van der Waals surface area contributed by atoms with Crippen LogP contribution >= 0.6 is 0 Å². The molecule has 7 nitrogen and oxygen atoms in total. The highest BCUT2D eigenvalue weighted by Crippen LogP contribution is 2.20. The van der Waals surface area contributed by atoms with Crippen molar-refractivity contribution >= 4 is 23.5 Å². The summed E-state index contributed by atoms with van der Waals surface area (Å²) in [6.45, 7) is 3.44. The van der Waals surface area contributed by atoms with Crippen molar-refractivity contribution in [3.8, 4) is 5.75 Å². The summed E-state index contributed by atoms with van der Waals surface area (Å²) >= 11 is 0. The van der Waals surface area contributed by atoms with E-state index in [1.807, 2.05) is 32.0 Å². The van der Waals surface area contributed by atoms with Gasteiger partial charge in [0.15, 0.2) is 6.61 Å². The summed E-state index contributed by atoms with van der Waals surface area (Å²) in [6, 6.07) is 14.9. The van der Waals surface area contributed by atoms with E-state index in [4.69, 9.17) is 9.47 Å².